The molecule has 0 aliphatic heterocycles. The topological polar surface area (TPSA) is 51.8 Å². The number of nitrogens with zero attached hydrogens (tertiary/aromatic N) is 2. The van der Waals surface area contributed by atoms with Crippen LogP contribution >= 0.6 is 0 Å². The van der Waals surface area contributed by atoms with E-state index in [-0.39, 0.29) is 5.82 Å². The lowest BCUT2D eigenvalue weighted by molar-refractivity contribution is 0.626. The molecule has 0 amide bonds. The largest absolute Gasteiger partial charge is 0.397 e. The third-order valence-electron chi connectivity index (χ3n) is 2.00. The van der Waals surface area contributed by atoms with Gasteiger partial charge in [-0.25, -0.2) is 4.39 Å². The molecule has 0 bridgehead atoms. The van der Waals surface area contributed by atoms with Crippen LogP contribution in [0.15, 0.2) is 36.5 Å². The Labute approximate surface area is 86.8 Å². The predicted octanol–water partition coefficient (Wildman–Crippen LogP) is 1.79. The zero-order valence-corrected chi connectivity index (χ0v) is 8.02. The van der Waals surface area contributed by atoms with Crippen LogP contribution in [0.2, 0.25) is 0 Å². The number of nitrogens with two attached hydrogens (primary N) is 1. The van der Waals surface area contributed by atoms with E-state index in [1.165, 1.54) is 18.3 Å². The predicted molar refractivity (Wildman–Crippen MR) is 55.7 cm³/mol. The number of anilines is 1. The van der Waals surface area contributed by atoms with Crippen LogP contribution in [0.4, 0.5) is 10.1 Å². The van der Waals surface area contributed by atoms with Crippen LogP contribution in [0.1, 0.15) is 11.3 Å². The molecule has 0 fully saturated rings. The molecule has 1 aromatic heterocycles. The summed E-state index contributed by atoms with van der Waals surface area (Å²) < 4.78 is 12.9. The summed E-state index contributed by atoms with van der Waals surface area (Å²) in [6.07, 6.45) is 2.02. The number of halogens is 1. The molecule has 0 atom stereocenters. The third kappa shape index (κ3) is 2.49. The smallest absolute Gasteiger partial charge is 0.123 e. The number of rotatable bonds is 2. The van der Waals surface area contributed by atoms with Crippen LogP contribution < -0.4 is 5.73 Å². The van der Waals surface area contributed by atoms with Crippen molar-refractivity contribution in [1.29, 1.82) is 0 Å². The molecule has 3 nitrogen and oxygen atoms in total. The fraction of sp³-hybridized carbons (Fsp3) is 0.0909. The van der Waals surface area contributed by atoms with Crippen LogP contribution in [-0.4, -0.2) is 10.2 Å². The van der Waals surface area contributed by atoms with Gasteiger partial charge in [-0.05, 0) is 23.8 Å². The molecule has 76 valence electrons. The van der Waals surface area contributed by atoms with Gasteiger partial charge in [0, 0.05) is 6.42 Å². The third-order valence-corrected chi connectivity index (χ3v) is 2.00. The lowest BCUT2D eigenvalue weighted by Crippen LogP contribution is -1.97. The van der Waals surface area contributed by atoms with Crippen molar-refractivity contribution >= 4 is 5.69 Å². The molecule has 0 saturated carbocycles. The first-order valence-electron chi connectivity index (χ1n) is 4.55. The highest BCUT2D eigenvalue weighted by atomic mass is 19.1. The van der Waals surface area contributed by atoms with Gasteiger partial charge in [-0.3, -0.25) is 0 Å². The summed E-state index contributed by atoms with van der Waals surface area (Å²) in [5.74, 6) is -0.246. The molecular formula is C11H10FN3. The van der Waals surface area contributed by atoms with E-state index in [1.54, 1.807) is 12.1 Å². The molecule has 15 heavy (non-hydrogen) atoms. The van der Waals surface area contributed by atoms with Gasteiger partial charge in [-0.1, -0.05) is 12.1 Å². The Balaban J connectivity index is 2.22. The zero-order valence-electron chi connectivity index (χ0n) is 8.02. The van der Waals surface area contributed by atoms with Gasteiger partial charge in [0.1, 0.15) is 5.82 Å². The monoisotopic (exact) mass is 203 g/mol. The maximum absolute atomic E-state index is 12.9. The highest BCUT2D eigenvalue weighted by Crippen LogP contribution is 2.10. The minimum atomic E-state index is -0.246. The summed E-state index contributed by atoms with van der Waals surface area (Å²) in [6, 6.07) is 8.13. The maximum Gasteiger partial charge on any atom is 0.123 e. The normalized spacial score (nSPS) is 10.2. The van der Waals surface area contributed by atoms with Gasteiger partial charge in [-0.15, -0.1) is 0 Å². The molecule has 1 heterocycles. The van der Waals surface area contributed by atoms with Gasteiger partial charge in [0.05, 0.1) is 17.6 Å². The molecule has 0 radical (unpaired) electrons. The van der Waals surface area contributed by atoms with E-state index in [0.717, 1.165) is 11.3 Å². The zero-order chi connectivity index (χ0) is 10.7. The van der Waals surface area contributed by atoms with Crippen molar-refractivity contribution in [3.8, 4) is 0 Å². The molecule has 0 saturated heterocycles. The van der Waals surface area contributed by atoms with E-state index >= 15 is 0 Å². The molecule has 2 aromatic rings. The van der Waals surface area contributed by atoms with E-state index in [0.29, 0.717) is 12.1 Å². The van der Waals surface area contributed by atoms with E-state index < -0.39 is 0 Å². The minimum absolute atomic E-state index is 0.246. The van der Waals surface area contributed by atoms with Crippen molar-refractivity contribution in [2.45, 2.75) is 6.42 Å². The van der Waals surface area contributed by atoms with Crippen molar-refractivity contribution in [1.82, 2.24) is 10.2 Å². The minimum Gasteiger partial charge on any atom is -0.397 e. The average Bonchev–Trinajstić information content (AvgIpc) is 2.17. The van der Waals surface area contributed by atoms with Crippen LogP contribution in [0, 0.1) is 5.82 Å². The molecule has 2 N–H and O–H groups in total. The highest BCUT2D eigenvalue weighted by Gasteiger charge is 2.00. The Morgan fingerprint density at radius 1 is 1.27 bits per heavy atom. The Morgan fingerprint density at radius 3 is 2.87 bits per heavy atom. The van der Waals surface area contributed by atoms with Gasteiger partial charge < -0.3 is 5.73 Å². The summed E-state index contributed by atoms with van der Waals surface area (Å²) in [4.78, 5) is 0. The van der Waals surface area contributed by atoms with Crippen LogP contribution in [0.5, 0.6) is 0 Å². The van der Waals surface area contributed by atoms with E-state index in [9.17, 15) is 4.39 Å². The molecule has 1 aromatic carbocycles. The number of hydrogen-bond donors (Lipinski definition) is 1. The van der Waals surface area contributed by atoms with Crippen LogP contribution in [0.3, 0.4) is 0 Å². The molecule has 4 heteroatoms. The maximum atomic E-state index is 12.9. The second-order valence-electron chi connectivity index (χ2n) is 3.29. The second kappa shape index (κ2) is 4.04. The van der Waals surface area contributed by atoms with Gasteiger partial charge in [-0.2, -0.15) is 10.2 Å². The number of aromatic nitrogens is 2. The summed E-state index contributed by atoms with van der Waals surface area (Å²) in [5.41, 5.74) is 7.72. The molecule has 0 unspecified atom stereocenters. The first kappa shape index (κ1) is 9.58. The van der Waals surface area contributed by atoms with Crippen molar-refractivity contribution in [2.75, 3.05) is 5.73 Å². The second-order valence-corrected chi connectivity index (χ2v) is 3.29. The summed E-state index contributed by atoms with van der Waals surface area (Å²) in [6.45, 7) is 0. The summed E-state index contributed by atoms with van der Waals surface area (Å²) >= 11 is 0. The summed E-state index contributed by atoms with van der Waals surface area (Å²) in [7, 11) is 0. The quantitative estimate of drug-likeness (QED) is 0.809. The van der Waals surface area contributed by atoms with Gasteiger partial charge in [0.15, 0.2) is 0 Å². The lowest BCUT2D eigenvalue weighted by Gasteiger charge is -2.01. The first-order chi connectivity index (χ1) is 7.24. The average molecular weight is 203 g/mol. The van der Waals surface area contributed by atoms with Gasteiger partial charge in [0.25, 0.3) is 0 Å². The Morgan fingerprint density at radius 2 is 2.13 bits per heavy atom. The fourth-order valence-corrected chi connectivity index (χ4v) is 1.37. The van der Waals surface area contributed by atoms with E-state index in [2.05, 4.69) is 10.2 Å². The molecule has 0 aliphatic rings. The Hall–Kier alpha value is -1.97. The molecule has 0 aliphatic carbocycles. The number of benzene rings is 1. The van der Waals surface area contributed by atoms with Crippen LogP contribution in [-0.2, 0) is 6.42 Å². The number of nitrogen functional groups attached to an aromatic ring is 1. The standard InChI is InChI=1S/C11H10FN3/c12-9-3-1-2-8(4-9)5-11-6-10(13)7-14-15-11/h1-4,6-7H,5H2,(H2,13,15). The first-order valence-corrected chi connectivity index (χ1v) is 4.55. The van der Waals surface area contributed by atoms with E-state index in [1.807, 2.05) is 6.07 Å². The van der Waals surface area contributed by atoms with Gasteiger partial charge in [0.2, 0.25) is 0 Å². The Bertz CT molecular complexity index is 427. The van der Waals surface area contributed by atoms with Crippen molar-refractivity contribution in [2.24, 2.45) is 0 Å². The van der Waals surface area contributed by atoms with Gasteiger partial charge >= 0.3 is 0 Å². The van der Waals surface area contributed by atoms with Crippen molar-refractivity contribution < 1.29 is 4.39 Å². The highest BCUT2D eigenvalue weighted by molar-refractivity contribution is 5.36. The van der Waals surface area contributed by atoms with Crippen molar-refractivity contribution in [3.63, 3.8) is 0 Å². The lowest BCUT2D eigenvalue weighted by atomic mass is 10.1. The van der Waals surface area contributed by atoms with Crippen LogP contribution in [0.25, 0.3) is 0 Å². The summed E-state index contributed by atoms with van der Waals surface area (Å²) in [5, 5.41) is 7.65. The van der Waals surface area contributed by atoms with E-state index in [4.69, 9.17) is 5.73 Å². The molecular weight excluding hydrogens is 193 g/mol. The SMILES string of the molecule is Nc1cnnc(Cc2cccc(F)c2)c1. The Kier molecular flexibility index (Phi) is 2.58. The van der Waals surface area contributed by atoms with Crippen molar-refractivity contribution in [3.05, 3.63) is 53.6 Å². The molecule has 2 rings (SSSR count). The number of hydrogen-bond acceptors (Lipinski definition) is 3. The fourth-order valence-electron chi connectivity index (χ4n) is 1.37. The molecule has 0 spiro atoms.